The molecule has 0 N–H and O–H groups in total. The number of halogens is 1. The second-order valence-corrected chi connectivity index (χ2v) is 6.07. The average Bonchev–Trinajstić information content (AvgIpc) is 3.16. The highest BCUT2D eigenvalue weighted by Crippen LogP contribution is 2.35. The fourth-order valence-electron chi connectivity index (χ4n) is 3.29. The number of hydrogen-bond acceptors (Lipinski definition) is 4. The van der Waals surface area contributed by atoms with E-state index in [2.05, 4.69) is 4.98 Å². The Hall–Kier alpha value is -2.76. The predicted molar refractivity (Wildman–Crippen MR) is 82.8 cm³/mol. The van der Waals surface area contributed by atoms with Gasteiger partial charge >= 0.3 is 0 Å². The molecule has 0 unspecified atom stereocenters. The Balaban J connectivity index is 1.53. The van der Waals surface area contributed by atoms with Crippen LogP contribution in [-0.4, -0.2) is 21.7 Å². The number of fused-ring (bicyclic) bond motifs is 1. The van der Waals surface area contributed by atoms with E-state index in [9.17, 15) is 14.0 Å². The topological polar surface area (TPSA) is 63.4 Å². The zero-order valence-corrected chi connectivity index (χ0v) is 12.8. The summed E-state index contributed by atoms with van der Waals surface area (Å²) in [5, 5.41) is 0. The smallest absolute Gasteiger partial charge is 0.233 e. The number of carbonyl (C=O) groups is 2. The lowest BCUT2D eigenvalue weighted by Gasteiger charge is -2.14. The van der Waals surface area contributed by atoms with Crippen LogP contribution in [0.25, 0.3) is 11.5 Å². The molecule has 2 aliphatic rings. The van der Waals surface area contributed by atoms with Gasteiger partial charge in [0, 0.05) is 5.56 Å². The van der Waals surface area contributed by atoms with Crippen molar-refractivity contribution < 1.29 is 18.4 Å². The fourth-order valence-corrected chi connectivity index (χ4v) is 3.29. The van der Waals surface area contributed by atoms with Crippen LogP contribution in [0.1, 0.15) is 18.5 Å². The van der Waals surface area contributed by atoms with E-state index in [1.165, 1.54) is 23.3 Å². The maximum atomic E-state index is 13.0. The molecule has 1 fully saturated rings. The molecule has 2 aromatic rings. The first-order chi connectivity index (χ1) is 11.6. The minimum absolute atomic E-state index is 0.107. The summed E-state index contributed by atoms with van der Waals surface area (Å²) in [6.45, 7) is 0.107. The summed E-state index contributed by atoms with van der Waals surface area (Å²) in [5.74, 6) is -0.767. The second-order valence-electron chi connectivity index (χ2n) is 6.07. The summed E-state index contributed by atoms with van der Waals surface area (Å²) in [6.07, 6.45) is 6.58. The molecule has 0 bridgehead atoms. The van der Waals surface area contributed by atoms with Crippen LogP contribution < -0.4 is 0 Å². The van der Waals surface area contributed by atoms with Gasteiger partial charge in [-0.1, -0.05) is 12.2 Å². The molecule has 1 aliphatic carbocycles. The molecule has 122 valence electrons. The van der Waals surface area contributed by atoms with E-state index in [1.807, 2.05) is 12.2 Å². The monoisotopic (exact) mass is 326 g/mol. The van der Waals surface area contributed by atoms with Crippen LogP contribution in [0, 0.1) is 17.7 Å². The van der Waals surface area contributed by atoms with Crippen LogP contribution in [0.3, 0.4) is 0 Å². The third-order valence-electron chi connectivity index (χ3n) is 4.56. The summed E-state index contributed by atoms with van der Waals surface area (Å²) >= 11 is 0. The summed E-state index contributed by atoms with van der Waals surface area (Å²) < 4.78 is 18.4. The molecule has 0 saturated carbocycles. The molecule has 0 radical (unpaired) electrons. The number of aromatic nitrogens is 1. The van der Waals surface area contributed by atoms with E-state index >= 15 is 0 Å². The van der Waals surface area contributed by atoms with E-state index < -0.39 is 0 Å². The average molecular weight is 326 g/mol. The van der Waals surface area contributed by atoms with Crippen LogP contribution in [0.15, 0.2) is 47.1 Å². The zero-order valence-electron chi connectivity index (χ0n) is 12.8. The minimum atomic E-state index is -0.338. The Labute approximate surface area is 137 Å². The Morgan fingerprint density at radius 3 is 2.33 bits per heavy atom. The van der Waals surface area contributed by atoms with Crippen LogP contribution in [0.4, 0.5) is 4.39 Å². The summed E-state index contributed by atoms with van der Waals surface area (Å²) in [5.41, 5.74) is 1.14. The molecule has 5 nitrogen and oxygen atoms in total. The van der Waals surface area contributed by atoms with Crippen molar-refractivity contribution in [2.24, 2.45) is 11.8 Å². The first-order valence-electron chi connectivity index (χ1n) is 7.84. The molecule has 24 heavy (non-hydrogen) atoms. The van der Waals surface area contributed by atoms with E-state index in [0.717, 1.165) is 0 Å². The maximum Gasteiger partial charge on any atom is 0.233 e. The number of benzene rings is 1. The van der Waals surface area contributed by atoms with Gasteiger partial charge in [0.2, 0.25) is 17.7 Å². The predicted octanol–water partition coefficient (Wildman–Crippen LogP) is 2.93. The van der Waals surface area contributed by atoms with Gasteiger partial charge in [-0.15, -0.1) is 0 Å². The molecule has 1 aliphatic heterocycles. The van der Waals surface area contributed by atoms with Gasteiger partial charge in [-0.3, -0.25) is 14.5 Å². The summed E-state index contributed by atoms with van der Waals surface area (Å²) in [7, 11) is 0. The number of imide groups is 1. The molecule has 2 heterocycles. The van der Waals surface area contributed by atoms with Crippen molar-refractivity contribution in [3.05, 3.63) is 54.2 Å². The highest BCUT2D eigenvalue weighted by molar-refractivity contribution is 6.05. The highest BCUT2D eigenvalue weighted by Gasteiger charge is 2.47. The number of rotatable bonds is 3. The van der Waals surface area contributed by atoms with Crippen molar-refractivity contribution in [2.75, 3.05) is 0 Å². The van der Waals surface area contributed by atoms with Gasteiger partial charge in [0.15, 0.2) is 0 Å². The molecule has 6 heteroatoms. The number of amides is 2. The van der Waals surface area contributed by atoms with E-state index in [-0.39, 0.29) is 36.0 Å². The van der Waals surface area contributed by atoms with Crippen molar-refractivity contribution in [1.29, 1.82) is 0 Å². The highest BCUT2D eigenvalue weighted by atomic mass is 19.1. The lowest BCUT2D eigenvalue weighted by atomic mass is 9.85. The summed E-state index contributed by atoms with van der Waals surface area (Å²) in [6, 6.07) is 5.78. The molecule has 0 spiro atoms. The number of nitrogens with zero attached hydrogens (tertiary/aromatic N) is 2. The molecule has 1 aromatic heterocycles. The van der Waals surface area contributed by atoms with Gasteiger partial charge in [0.05, 0.1) is 24.1 Å². The van der Waals surface area contributed by atoms with Crippen molar-refractivity contribution >= 4 is 11.8 Å². The molecule has 4 rings (SSSR count). The third-order valence-corrected chi connectivity index (χ3v) is 4.56. The standard InChI is InChI=1S/C18H15FN2O3/c19-12-7-5-11(6-8-12)16-20-13(10-24-16)9-21-17(22)14-3-1-2-4-15(14)18(21)23/h1-2,5-8,10,14-15H,3-4,9H2/t14-,15-/m1/s1. The first kappa shape index (κ1) is 14.8. The maximum absolute atomic E-state index is 13.0. The van der Waals surface area contributed by atoms with Crippen molar-refractivity contribution in [3.63, 3.8) is 0 Å². The van der Waals surface area contributed by atoms with Gasteiger partial charge in [0.1, 0.15) is 12.1 Å². The van der Waals surface area contributed by atoms with Crippen LogP contribution in [0.2, 0.25) is 0 Å². The number of oxazole rings is 1. The van der Waals surface area contributed by atoms with Crippen LogP contribution in [0.5, 0.6) is 0 Å². The van der Waals surface area contributed by atoms with Crippen molar-refractivity contribution in [3.8, 4) is 11.5 Å². The van der Waals surface area contributed by atoms with Gasteiger partial charge < -0.3 is 4.42 Å². The normalized spacial score (nSPS) is 23.0. The molecule has 2 amide bonds. The third kappa shape index (κ3) is 2.44. The largest absolute Gasteiger partial charge is 0.444 e. The van der Waals surface area contributed by atoms with E-state index in [1.54, 1.807) is 12.1 Å². The summed E-state index contributed by atoms with van der Waals surface area (Å²) in [4.78, 5) is 30.5. The number of allylic oxidation sites excluding steroid dienone is 2. The van der Waals surface area contributed by atoms with Crippen molar-refractivity contribution in [1.82, 2.24) is 9.88 Å². The second kappa shape index (κ2) is 5.70. The van der Waals surface area contributed by atoms with Crippen LogP contribution in [-0.2, 0) is 16.1 Å². The Morgan fingerprint density at radius 1 is 1.08 bits per heavy atom. The lowest BCUT2D eigenvalue weighted by Crippen LogP contribution is -2.30. The molecular weight excluding hydrogens is 311 g/mol. The number of likely N-dealkylation sites (tertiary alicyclic amines) is 1. The number of hydrogen-bond donors (Lipinski definition) is 0. The fraction of sp³-hybridized carbons (Fsp3) is 0.278. The quantitative estimate of drug-likeness (QED) is 0.643. The zero-order chi connectivity index (χ0) is 16.7. The lowest BCUT2D eigenvalue weighted by molar-refractivity contribution is -0.140. The molecular formula is C18H15FN2O3. The Morgan fingerprint density at radius 2 is 1.71 bits per heavy atom. The minimum Gasteiger partial charge on any atom is -0.444 e. The van der Waals surface area contributed by atoms with Gasteiger partial charge in [0.25, 0.3) is 0 Å². The Bertz CT molecular complexity index is 799. The van der Waals surface area contributed by atoms with Crippen LogP contribution >= 0.6 is 0 Å². The Kier molecular flexibility index (Phi) is 3.52. The first-order valence-corrected chi connectivity index (χ1v) is 7.84. The van der Waals surface area contributed by atoms with Crippen molar-refractivity contribution in [2.45, 2.75) is 19.4 Å². The molecule has 1 saturated heterocycles. The van der Waals surface area contributed by atoms with E-state index in [0.29, 0.717) is 30.0 Å². The van der Waals surface area contributed by atoms with Gasteiger partial charge in [-0.05, 0) is 37.1 Å². The van der Waals surface area contributed by atoms with Gasteiger partial charge in [-0.2, -0.15) is 0 Å². The SMILES string of the molecule is O=C1[C@@H]2CC=CC[C@H]2C(=O)N1Cc1coc(-c2ccc(F)cc2)n1. The molecule has 2 atom stereocenters. The number of carbonyl (C=O) groups excluding carboxylic acids is 2. The molecule has 1 aromatic carbocycles. The van der Waals surface area contributed by atoms with Gasteiger partial charge in [-0.25, -0.2) is 9.37 Å². The van der Waals surface area contributed by atoms with E-state index in [4.69, 9.17) is 4.42 Å².